The quantitative estimate of drug-likeness (QED) is 0.645. The number of hydrogen-bond donors (Lipinski definition) is 1. The summed E-state index contributed by atoms with van der Waals surface area (Å²) in [6.07, 6.45) is 0. The van der Waals surface area contributed by atoms with E-state index >= 15 is 0 Å². The van der Waals surface area contributed by atoms with Gasteiger partial charge in [0, 0.05) is 0 Å². The molecule has 0 saturated heterocycles. The fourth-order valence-corrected chi connectivity index (χ4v) is 0.563. The molecule has 0 amide bonds. The van der Waals surface area contributed by atoms with Crippen molar-refractivity contribution >= 4 is 23.2 Å². The van der Waals surface area contributed by atoms with Crippen LogP contribution in [0.15, 0.2) is 24.3 Å². The summed E-state index contributed by atoms with van der Waals surface area (Å²) in [6, 6.07) is 7.25. The van der Waals surface area contributed by atoms with Crippen LogP contribution >= 0.6 is 23.2 Å². The van der Waals surface area contributed by atoms with E-state index in [4.69, 9.17) is 28.3 Å². The number of aryl methyl sites for hydroxylation is 1. The van der Waals surface area contributed by atoms with E-state index in [9.17, 15) is 0 Å². The molecular weight excluding hydrogens is 195 g/mol. The van der Waals surface area contributed by atoms with E-state index in [0.29, 0.717) is 5.75 Å². The van der Waals surface area contributed by atoms with E-state index in [2.05, 4.69) is 0 Å². The molecule has 0 aliphatic carbocycles. The predicted octanol–water partition coefficient (Wildman–Crippen LogP) is 3.51. The van der Waals surface area contributed by atoms with Crippen LogP contribution in [0.4, 0.5) is 0 Å². The fraction of sp³-hybridized carbons (Fsp3) is 0.333. The van der Waals surface area contributed by atoms with Gasteiger partial charge in [-0.2, -0.15) is 0 Å². The first kappa shape index (κ1) is 11.6. The number of aromatic hydroxyl groups is 1. The molecule has 0 saturated carbocycles. The molecule has 0 spiro atoms. The van der Waals surface area contributed by atoms with Crippen LogP contribution in [0, 0.1) is 6.92 Å². The van der Waals surface area contributed by atoms with Gasteiger partial charge in [-0.25, -0.2) is 0 Å². The van der Waals surface area contributed by atoms with Gasteiger partial charge in [-0.1, -0.05) is 18.2 Å². The van der Waals surface area contributed by atoms with Gasteiger partial charge in [0.05, 0.1) is 0 Å². The Balaban J connectivity index is 0.000000261. The van der Waals surface area contributed by atoms with Crippen LogP contribution in [0.2, 0.25) is 0 Å². The van der Waals surface area contributed by atoms with Gasteiger partial charge in [0.1, 0.15) is 10.6 Å². The Kier molecular flexibility index (Phi) is 5.95. The van der Waals surface area contributed by atoms with E-state index in [1.54, 1.807) is 13.0 Å². The highest BCUT2D eigenvalue weighted by Gasteiger charge is 1.86. The molecule has 1 N–H and O–H groups in total. The highest BCUT2D eigenvalue weighted by molar-refractivity contribution is 6.43. The number of rotatable bonds is 0. The van der Waals surface area contributed by atoms with Gasteiger partial charge in [0.2, 0.25) is 0 Å². The van der Waals surface area contributed by atoms with Crippen LogP contribution in [0.5, 0.6) is 5.75 Å². The van der Waals surface area contributed by atoms with Crippen LogP contribution < -0.4 is 0 Å². The first-order valence-electron chi connectivity index (χ1n) is 3.56. The van der Waals surface area contributed by atoms with Gasteiger partial charge in [-0.05, 0) is 25.5 Å². The van der Waals surface area contributed by atoms with Crippen LogP contribution in [0.25, 0.3) is 0 Å². The molecule has 68 valence electrons. The topological polar surface area (TPSA) is 20.2 Å². The van der Waals surface area contributed by atoms with Crippen molar-refractivity contribution in [1.29, 1.82) is 0 Å². The van der Waals surface area contributed by atoms with Gasteiger partial charge in [-0.3, -0.25) is 0 Å². The number of halogens is 2. The van der Waals surface area contributed by atoms with Gasteiger partial charge >= 0.3 is 0 Å². The Morgan fingerprint density at radius 2 is 1.67 bits per heavy atom. The monoisotopic (exact) mass is 206 g/mol. The average molecular weight is 207 g/mol. The van der Waals surface area contributed by atoms with Crippen LogP contribution in [-0.2, 0) is 0 Å². The summed E-state index contributed by atoms with van der Waals surface area (Å²) in [5.41, 5.74) is 0.924. The standard InChI is InChI=1S/C7H8O.C2H4Cl2/c1-6-4-2-3-5-7(6)8;1-2(3)4/h2-5,8H,1H3;2H,1H3. The molecule has 12 heavy (non-hydrogen) atoms. The lowest BCUT2D eigenvalue weighted by Gasteiger charge is -1.92. The second-order valence-electron chi connectivity index (χ2n) is 2.31. The minimum atomic E-state index is -0.222. The molecule has 1 aromatic carbocycles. The number of phenolic OH excluding ortho intramolecular Hbond substituents is 1. The molecule has 0 unspecified atom stereocenters. The van der Waals surface area contributed by atoms with Crippen molar-refractivity contribution in [2.45, 2.75) is 18.7 Å². The molecule has 0 heterocycles. The Bertz CT molecular complexity index is 200. The van der Waals surface area contributed by atoms with Crippen molar-refractivity contribution in [2.24, 2.45) is 0 Å². The SMILES string of the molecule is CC(Cl)Cl.Cc1ccccc1O. The van der Waals surface area contributed by atoms with Gasteiger partial charge in [-0.15, -0.1) is 23.2 Å². The van der Waals surface area contributed by atoms with Crippen LogP contribution in [-0.4, -0.2) is 9.94 Å². The van der Waals surface area contributed by atoms with E-state index in [-0.39, 0.29) is 4.84 Å². The number of hydrogen-bond acceptors (Lipinski definition) is 1. The fourth-order valence-electron chi connectivity index (χ4n) is 0.563. The molecule has 0 radical (unpaired) electrons. The molecule has 1 rings (SSSR count). The summed E-state index contributed by atoms with van der Waals surface area (Å²) < 4.78 is 0. The van der Waals surface area contributed by atoms with E-state index in [0.717, 1.165) is 5.56 Å². The zero-order valence-electron chi connectivity index (χ0n) is 7.09. The third-order valence-corrected chi connectivity index (χ3v) is 1.12. The molecule has 0 fully saturated rings. The maximum absolute atomic E-state index is 8.92. The van der Waals surface area contributed by atoms with Crippen molar-refractivity contribution in [3.63, 3.8) is 0 Å². The lowest BCUT2D eigenvalue weighted by molar-refractivity contribution is 0.471. The van der Waals surface area contributed by atoms with Crippen molar-refractivity contribution < 1.29 is 5.11 Å². The van der Waals surface area contributed by atoms with Gasteiger partial charge < -0.3 is 5.11 Å². The summed E-state index contributed by atoms with van der Waals surface area (Å²) in [5, 5.41) is 8.92. The van der Waals surface area contributed by atoms with Crippen molar-refractivity contribution in [3.8, 4) is 5.75 Å². The molecule has 0 bridgehead atoms. The predicted molar refractivity (Wildman–Crippen MR) is 54.0 cm³/mol. The second-order valence-corrected chi connectivity index (χ2v) is 3.84. The minimum Gasteiger partial charge on any atom is -0.508 e. The van der Waals surface area contributed by atoms with Crippen molar-refractivity contribution in [1.82, 2.24) is 0 Å². The maximum Gasteiger partial charge on any atom is 0.118 e. The smallest absolute Gasteiger partial charge is 0.118 e. The lowest BCUT2D eigenvalue weighted by atomic mass is 10.2. The molecular formula is C9H12Cl2O. The average Bonchev–Trinajstić information content (AvgIpc) is 1.94. The number of benzene rings is 1. The van der Waals surface area contributed by atoms with Crippen molar-refractivity contribution in [3.05, 3.63) is 29.8 Å². The molecule has 3 heteroatoms. The summed E-state index contributed by atoms with van der Waals surface area (Å²) in [7, 11) is 0. The summed E-state index contributed by atoms with van der Waals surface area (Å²) >= 11 is 10.1. The van der Waals surface area contributed by atoms with E-state index in [1.807, 2.05) is 25.1 Å². The van der Waals surface area contributed by atoms with E-state index in [1.165, 1.54) is 0 Å². The Morgan fingerprint density at radius 3 is 1.92 bits per heavy atom. The lowest BCUT2D eigenvalue weighted by Crippen LogP contribution is -1.68. The zero-order chi connectivity index (χ0) is 9.56. The zero-order valence-corrected chi connectivity index (χ0v) is 8.60. The highest BCUT2D eigenvalue weighted by atomic mass is 35.5. The molecule has 0 aliphatic heterocycles. The first-order chi connectivity index (χ1) is 5.54. The molecule has 0 aromatic heterocycles. The van der Waals surface area contributed by atoms with Crippen molar-refractivity contribution in [2.75, 3.05) is 0 Å². The Labute approximate surface area is 82.9 Å². The van der Waals surface area contributed by atoms with Crippen LogP contribution in [0.3, 0.4) is 0 Å². The third-order valence-electron chi connectivity index (χ3n) is 1.12. The number of para-hydroxylation sites is 1. The van der Waals surface area contributed by atoms with E-state index < -0.39 is 0 Å². The number of alkyl halides is 2. The molecule has 1 aromatic rings. The third kappa shape index (κ3) is 6.32. The summed E-state index contributed by atoms with van der Waals surface area (Å²) in [4.78, 5) is -0.222. The molecule has 1 nitrogen and oxygen atoms in total. The Hall–Kier alpha value is -0.400. The van der Waals surface area contributed by atoms with Crippen LogP contribution in [0.1, 0.15) is 12.5 Å². The molecule has 0 aliphatic rings. The minimum absolute atomic E-state index is 0.222. The summed E-state index contributed by atoms with van der Waals surface area (Å²) in [5.74, 6) is 0.368. The summed E-state index contributed by atoms with van der Waals surface area (Å²) in [6.45, 7) is 3.57. The number of phenols is 1. The maximum atomic E-state index is 8.92. The largest absolute Gasteiger partial charge is 0.508 e. The highest BCUT2D eigenvalue weighted by Crippen LogP contribution is 2.12. The first-order valence-corrected chi connectivity index (χ1v) is 4.44. The second kappa shape index (κ2) is 6.15. The Morgan fingerprint density at radius 1 is 1.25 bits per heavy atom. The normalized spacial score (nSPS) is 9.08. The van der Waals surface area contributed by atoms with Gasteiger partial charge in [0.25, 0.3) is 0 Å². The molecule has 0 atom stereocenters. The van der Waals surface area contributed by atoms with Gasteiger partial charge in [0.15, 0.2) is 0 Å².